The zero-order valence-corrected chi connectivity index (χ0v) is 11.6. The van der Waals surface area contributed by atoms with Crippen LogP contribution in [0.25, 0.3) is 10.9 Å². The zero-order valence-electron chi connectivity index (χ0n) is 11.6. The van der Waals surface area contributed by atoms with Crippen molar-refractivity contribution < 1.29 is 5.11 Å². The molecule has 1 saturated heterocycles. The Morgan fingerprint density at radius 1 is 1.37 bits per heavy atom. The number of aryl methyl sites for hydroxylation is 1. The number of para-hydroxylation sites is 1. The normalized spacial score (nSPS) is 24.4. The van der Waals surface area contributed by atoms with Crippen molar-refractivity contribution >= 4 is 10.9 Å². The first-order chi connectivity index (χ1) is 9.09. The second-order valence-corrected chi connectivity index (χ2v) is 5.74. The third-order valence-electron chi connectivity index (χ3n) is 3.94. The fraction of sp³-hybridized carbons (Fsp3) is 0.533. The summed E-state index contributed by atoms with van der Waals surface area (Å²) in [6, 6.07) is 8.38. The van der Waals surface area contributed by atoms with Gasteiger partial charge in [-0.1, -0.05) is 18.2 Å². The van der Waals surface area contributed by atoms with Gasteiger partial charge in [0.2, 0.25) is 0 Å². The molecule has 0 spiro atoms. The summed E-state index contributed by atoms with van der Waals surface area (Å²) >= 11 is 0. The molecule has 102 valence electrons. The summed E-state index contributed by atoms with van der Waals surface area (Å²) in [7, 11) is 0. The molecule has 3 rings (SSSR count). The van der Waals surface area contributed by atoms with E-state index in [-0.39, 0.29) is 0 Å². The first-order valence-electron chi connectivity index (χ1n) is 6.98. The van der Waals surface area contributed by atoms with E-state index in [1.165, 1.54) is 10.9 Å². The van der Waals surface area contributed by atoms with Crippen LogP contribution in [-0.2, 0) is 13.1 Å². The van der Waals surface area contributed by atoms with Crippen LogP contribution in [0.15, 0.2) is 24.3 Å². The highest BCUT2D eigenvalue weighted by Crippen LogP contribution is 2.25. The zero-order chi connectivity index (χ0) is 13.5. The minimum absolute atomic E-state index is 0.539. The maximum absolute atomic E-state index is 10.0. The highest BCUT2D eigenvalue weighted by atomic mass is 16.3. The molecule has 1 fully saturated rings. The van der Waals surface area contributed by atoms with E-state index < -0.39 is 5.60 Å². The van der Waals surface area contributed by atoms with Crippen molar-refractivity contribution in [2.24, 2.45) is 0 Å². The molecule has 0 saturated carbocycles. The van der Waals surface area contributed by atoms with Crippen LogP contribution in [0.1, 0.15) is 26.0 Å². The number of hydrogen-bond acceptors (Lipinski definition) is 3. The van der Waals surface area contributed by atoms with Gasteiger partial charge in [0.25, 0.3) is 0 Å². The third-order valence-corrected chi connectivity index (χ3v) is 3.94. The number of nitrogens with zero attached hydrogens (tertiary/aromatic N) is 3. The molecule has 1 aromatic carbocycles. The van der Waals surface area contributed by atoms with E-state index in [2.05, 4.69) is 40.8 Å². The van der Waals surface area contributed by atoms with E-state index in [0.29, 0.717) is 0 Å². The molecular formula is C15H21N3O. The Morgan fingerprint density at radius 2 is 2.16 bits per heavy atom. The van der Waals surface area contributed by atoms with Crippen LogP contribution < -0.4 is 0 Å². The molecule has 19 heavy (non-hydrogen) atoms. The van der Waals surface area contributed by atoms with Crippen molar-refractivity contribution in [1.82, 2.24) is 14.7 Å². The summed E-state index contributed by atoms with van der Waals surface area (Å²) in [4.78, 5) is 2.29. The lowest BCUT2D eigenvalue weighted by Crippen LogP contribution is -2.29. The predicted octanol–water partition coefficient (Wildman–Crippen LogP) is 2.01. The number of fused-ring (bicyclic) bond motifs is 1. The lowest BCUT2D eigenvalue weighted by molar-refractivity contribution is 0.0677. The Morgan fingerprint density at radius 3 is 2.84 bits per heavy atom. The van der Waals surface area contributed by atoms with E-state index in [1.807, 2.05) is 6.92 Å². The number of aromatic nitrogens is 2. The Kier molecular flexibility index (Phi) is 3.07. The van der Waals surface area contributed by atoms with Gasteiger partial charge in [-0.25, -0.2) is 0 Å². The van der Waals surface area contributed by atoms with E-state index in [0.717, 1.165) is 38.3 Å². The van der Waals surface area contributed by atoms with Gasteiger partial charge in [-0.2, -0.15) is 5.10 Å². The number of β-amino-alcohol motifs (C(OH)–C–C–N with tert-alkyl or cyclic N) is 1. The van der Waals surface area contributed by atoms with Crippen molar-refractivity contribution in [2.45, 2.75) is 39.0 Å². The average Bonchev–Trinajstić information content (AvgIpc) is 2.91. The number of likely N-dealkylation sites (tertiary alicyclic amines) is 1. The number of benzene rings is 1. The van der Waals surface area contributed by atoms with Gasteiger partial charge in [0.1, 0.15) is 0 Å². The summed E-state index contributed by atoms with van der Waals surface area (Å²) in [6.45, 7) is 7.42. The van der Waals surface area contributed by atoms with Gasteiger partial charge >= 0.3 is 0 Å². The van der Waals surface area contributed by atoms with E-state index in [1.54, 1.807) is 0 Å². The van der Waals surface area contributed by atoms with Crippen LogP contribution in [0.3, 0.4) is 0 Å². The average molecular weight is 259 g/mol. The quantitative estimate of drug-likeness (QED) is 0.916. The van der Waals surface area contributed by atoms with Crippen molar-refractivity contribution in [1.29, 1.82) is 0 Å². The molecule has 1 N–H and O–H groups in total. The first kappa shape index (κ1) is 12.6. The highest BCUT2D eigenvalue weighted by Gasteiger charge is 2.31. The second kappa shape index (κ2) is 4.62. The van der Waals surface area contributed by atoms with Crippen LogP contribution in [-0.4, -0.2) is 38.5 Å². The lowest BCUT2D eigenvalue weighted by Gasteiger charge is -2.17. The second-order valence-electron chi connectivity index (χ2n) is 5.74. The van der Waals surface area contributed by atoms with Gasteiger partial charge in [0, 0.05) is 31.6 Å². The minimum Gasteiger partial charge on any atom is -0.389 e. The summed E-state index contributed by atoms with van der Waals surface area (Å²) in [5, 5.41) is 16.0. The van der Waals surface area contributed by atoms with Crippen LogP contribution in [0.4, 0.5) is 0 Å². The lowest BCUT2D eigenvalue weighted by atomic mass is 10.1. The van der Waals surface area contributed by atoms with Crippen LogP contribution >= 0.6 is 0 Å². The van der Waals surface area contributed by atoms with E-state index in [4.69, 9.17) is 5.10 Å². The molecule has 2 aromatic rings. The van der Waals surface area contributed by atoms with Gasteiger partial charge in [0.05, 0.1) is 16.8 Å². The molecule has 1 atom stereocenters. The van der Waals surface area contributed by atoms with E-state index >= 15 is 0 Å². The molecular weight excluding hydrogens is 238 g/mol. The number of rotatable bonds is 3. The molecule has 0 radical (unpaired) electrons. The molecule has 1 aliphatic rings. The standard InChI is InChI=1S/C15H21N3O/c1-3-18-14-7-5-4-6-12(14)13(16-18)10-17-9-8-15(2,19)11-17/h4-7,19H,3,8-11H2,1-2H3. The highest BCUT2D eigenvalue weighted by molar-refractivity contribution is 5.81. The fourth-order valence-corrected chi connectivity index (χ4v) is 2.94. The summed E-state index contributed by atoms with van der Waals surface area (Å²) in [5.41, 5.74) is 1.78. The van der Waals surface area contributed by atoms with Gasteiger partial charge in [-0.3, -0.25) is 9.58 Å². The van der Waals surface area contributed by atoms with Crippen LogP contribution in [0.2, 0.25) is 0 Å². The largest absolute Gasteiger partial charge is 0.389 e. The topological polar surface area (TPSA) is 41.3 Å². The maximum atomic E-state index is 10.0. The van der Waals surface area contributed by atoms with Gasteiger partial charge in [-0.15, -0.1) is 0 Å². The molecule has 1 aliphatic heterocycles. The Balaban J connectivity index is 1.89. The minimum atomic E-state index is -0.539. The molecule has 1 aromatic heterocycles. The van der Waals surface area contributed by atoms with Crippen LogP contribution in [0, 0.1) is 0 Å². The summed E-state index contributed by atoms with van der Waals surface area (Å²) < 4.78 is 2.05. The molecule has 1 unspecified atom stereocenters. The van der Waals surface area contributed by atoms with Crippen molar-refractivity contribution in [3.05, 3.63) is 30.0 Å². The third kappa shape index (κ3) is 2.38. The molecule has 0 aliphatic carbocycles. The number of hydrogen-bond donors (Lipinski definition) is 1. The van der Waals surface area contributed by atoms with E-state index in [9.17, 15) is 5.11 Å². The SMILES string of the molecule is CCn1nc(CN2CCC(C)(O)C2)c2ccccc21. The summed E-state index contributed by atoms with van der Waals surface area (Å²) in [5.74, 6) is 0. The maximum Gasteiger partial charge on any atom is 0.0843 e. The number of aliphatic hydroxyl groups is 1. The van der Waals surface area contributed by atoms with Gasteiger partial charge in [-0.05, 0) is 26.3 Å². The molecule has 0 amide bonds. The Bertz CT molecular complexity index is 588. The molecule has 4 heteroatoms. The first-order valence-corrected chi connectivity index (χ1v) is 6.98. The monoisotopic (exact) mass is 259 g/mol. The van der Waals surface area contributed by atoms with Crippen LogP contribution in [0.5, 0.6) is 0 Å². The Hall–Kier alpha value is -1.39. The van der Waals surface area contributed by atoms with Gasteiger partial charge < -0.3 is 5.11 Å². The van der Waals surface area contributed by atoms with Crippen molar-refractivity contribution in [3.8, 4) is 0 Å². The molecule has 2 heterocycles. The van der Waals surface area contributed by atoms with Crippen molar-refractivity contribution in [2.75, 3.05) is 13.1 Å². The smallest absolute Gasteiger partial charge is 0.0843 e. The Labute approximate surface area is 113 Å². The molecule has 0 bridgehead atoms. The van der Waals surface area contributed by atoms with Crippen molar-refractivity contribution in [3.63, 3.8) is 0 Å². The summed E-state index contributed by atoms with van der Waals surface area (Å²) in [6.07, 6.45) is 0.847. The fourth-order valence-electron chi connectivity index (χ4n) is 2.94. The predicted molar refractivity (Wildman–Crippen MR) is 75.9 cm³/mol. The van der Waals surface area contributed by atoms with Gasteiger partial charge in [0.15, 0.2) is 0 Å². The molecule has 4 nitrogen and oxygen atoms in total.